The van der Waals surface area contributed by atoms with Gasteiger partial charge in [-0.25, -0.2) is 0 Å². The third kappa shape index (κ3) is 6.49. The lowest BCUT2D eigenvalue weighted by Gasteiger charge is -2.20. The first-order chi connectivity index (χ1) is 19.6. The number of carbonyl (C=O) groups is 1. The number of halogens is 3. The standard InChI is InChI=1S/C29H25F3N6O2S/c1-18(2)22-6-4-5-7-25(22)38-27(39)17-41-28(38)35-34-15-19-8-13-23-24(36-37(3)26(23)14-19)16-33-20-9-11-21(12-10-20)40-29(30,31)32/h4-16,18H,17H2,1-3H3/b33-16+,34-15-,35-28-. The minimum Gasteiger partial charge on any atom is -0.406 e. The van der Waals surface area contributed by atoms with Crippen LogP contribution >= 0.6 is 11.8 Å². The van der Waals surface area contributed by atoms with Crippen LogP contribution in [0.4, 0.5) is 24.5 Å². The first kappa shape index (κ1) is 28.1. The van der Waals surface area contributed by atoms with Gasteiger partial charge >= 0.3 is 6.36 Å². The van der Waals surface area contributed by atoms with Crippen molar-refractivity contribution in [2.24, 2.45) is 22.2 Å². The van der Waals surface area contributed by atoms with Crippen LogP contribution in [0.15, 0.2) is 81.9 Å². The van der Waals surface area contributed by atoms with Crippen molar-refractivity contribution in [3.63, 3.8) is 0 Å². The zero-order valence-electron chi connectivity index (χ0n) is 22.3. The van der Waals surface area contributed by atoms with Crippen LogP contribution in [0, 0.1) is 0 Å². The molecule has 0 bridgehead atoms. The van der Waals surface area contributed by atoms with E-state index in [2.05, 4.69) is 38.9 Å². The summed E-state index contributed by atoms with van der Waals surface area (Å²) >= 11 is 1.35. The minimum atomic E-state index is -4.75. The van der Waals surface area contributed by atoms with Gasteiger partial charge in [0.25, 0.3) is 0 Å². The van der Waals surface area contributed by atoms with Crippen molar-refractivity contribution >= 4 is 57.5 Å². The normalized spacial score (nSPS) is 15.4. The molecule has 3 aromatic carbocycles. The van der Waals surface area contributed by atoms with Crippen molar-refractivity contribution in [2.75, 3.05) is 10.7 Å². The molecule has 1 aliphatic rings. The molecule has 4 aromatic rings. The topological polar surface area (TPSA) is 84.4 Å². The summed E-state index contributed by atoms with van der Waals surface area (Å²) in [5.74, 6) is 0.198. The highest BCUT2D eigenvalue weighted by molar-refractivity contribution is 8.15. The molecule has 0 unspecified atom stereocenters. The van der Waals surface area contributed by atoms with E-state index >= 15 is 0 Å². The number of benzene rings is 3. The molecule has 8 nitrogen and oxygen atoms in total. The van der Waals surface area contributed by atoms with Gasteiger partial charge in [-0.05, 0) is 59.5 Å². The Kier molecular flexibility index (Phi) is 7.93. The quantitative estimate of drug-likeness (QED) is 0.178. The van der Waals surface area contributed by atoms with Crippen molar-refractivity contribution in [3.05, 3.63) is 83.6 Å². The number of aliphatic imine (C=N–C) groups is 1. The molecule has 0 saturated carbocycles. The number of ether oxygens (including phenoxy) is 1. The van der Waals surface area contributed by atoms with Crippen molar-refractivity contribution in [3.8, 4) is 5.75 Å². The number of rotatable bonds is 7. The van der Waals surface area contributed by atoms with Gasteiger partial charge in [-0.3, -0.25) is 19.4 Å². The van der Waals surface area contributed by atoms with Gasteiger partial charge < -0.3 is 4.74 Å². The number of thioether (sulfide) groups is 1. The van der Waals surface area contributed by atoms with Crippen LogP contribution in [0.25, 0.3) is 10.9 Å². The second-order valence-corrected chi connectivity index (χ2v) is 10.4. The smallest absolute Gasteiger partial charge is 0.406 e. The fourth-order valence-corrected chi connectivity index (χ4v) is 5.16. The summed E-state index contributed by atoms with van der Waals surface area (Å²) < 4.78 is 42.7. The van der Waals surface area contributed by atoms with E-state index in [0.717, 1.165) is 27.7 Å². The van der Waals surface area contributed by atoms with Gasteiger partial charge in [-0.15, -0.1) is 18.3 Å². The van der Waals surface area contributed by atoms with E-state index in [1.807, 2.05) is 42.5 Å². The maximum Gasteiger partial charge on any atom is 0.573 e. The van der Waals surface area contributed by atoms with E-state index in [1.54, 1.807) is 29.1 Å². The zero-order valence-corrected chi connectivity index (χ0v) is 23.1. The zero-order chi connectivity index (χ0) is 29.1. The van der Waals surface area contributed by atoms with Crippen LogP contribution in [-0.4, -0.2) is 45.4 Å². The average Bonchev–Trinajstić information content (AvgIpc) is 3.45. The molecular weight excluding hydrogens is 553 g/mol. The van der Waals surface area contributed by atoms with Crippen molar-refractivity contribution in [1.29, 1.82) is 0 Å². The lowest BCUT2D eigenvalue weighted by atomic mass is 10.0. The molecule has 41 heavy (non-hydrogen) atoms. The average molecular weight is 579 g/mol. The molecule has 0 aliphatic carbocycles. The predicted octanol–water partition coefficient (Wildman–Crippen LogP) is 6.82. The Morgan fingerprint density at radius 2 is 1.80 bits per heavy atom. The lowest BCUT2D eigenvalue weighted by molar-refractivity contribution is -0.274. The summed E-state index contributed by atoms with van der Waals surface area (Å²) in [5, 5.41) is 14.5. The van der Waals surface area contributed by atoms with Gasteiger partial charge in [0.1, 0.15) is 11.4 Å². The molecule has 1 saturated heterocycles. The summed E-state index contributed by atoms with van der Waals surface area (Å²) in [7, 11) is 1.80. The Bertz CT molecular complexity index is 1680. The van der Waals surface area contributed by atoms with Crippen molar-refractivity contribution < 1.29 is 22.7 Å². The van der Waals surface area contributed by atoms with Gasteiger partial charge in [0.2, 0.25) is 5.91 Å². The molecule has 1 aliphatic heterocycles. The molecule has 210 valence electrons. The molecule has 0 atom stereocenters. The highest BCUT2D eigenvalue weighted by atomic mass is 32.2. The van der Waals surface area contributed by atoms with Crippen LogP contribution in [0.1, 0.15) is 36.6 Å². The monoisotopic (exact) mass is 578 g/mol. The number of aryl methyl sites for hydroxylation is 1. The number of amides is 1. The van der Waals surface area contributed by atoms with Crippen LogP contribution in [0.2, 0.25) is 0 Å². The van der Waals surface area contributed by atoms with Crippen LogP contribution in [0.5, 0.6) is 5.75 Å². The largest absolute Gasteiger partial charge is 0.573 e. The van der Waals surface area contributed by atoms with E-state index in [9.17, 15) is 18.0 Å². The summed E-state index contributed by atoms with van der Waals surface area (Å²) in [6.07, 6.45) is -1.57. The fourth-order valence-electron chi connectivity index (χ4n) is 4.34. The van der Waals surface area contributed by atoms with Gasteiger partial charge in [0.15, 0.2) is 5.17 Å². The second kappa shape index (κ2) is 11.6. The second-order valence-electron chi connectivity index (χ2n) is 9.44. The molecule has 0 spiro atoms. The molecule has 5 rings (SSSR count). The molecule has 1 fully saturated rings. The Morgan fingerprint density at radius 3 is 2.54 bits per heavy atom. The van der Waals surface area contributed by atoms with Gasteiger partial charge in [0.05, 0.1) is 35.1 Å². The number of fused-ring (bicyclic) bond motifs is 1. The van der Waals surface area contributed by atoms with E-state index in [1.165, 1.54) is 36.0 Å². The highest BCUT2D eigenvalue weighted by Crippen LogP contribution is 2.33. The number of nitrogens with zero attached hydrogens (tertiary/aromatic N) is 6. The molecule has 2 heterocycles. The number of hydrogen-bond acceptors (Lipinski definition) is 7. The molecule has 0 radical (unpaired) electrons. The van der Waals surface area contributed by atoms with E-state index < -0.39 is 6.36 Å². The summed E-state index contributed by atoms with van der Waals surface area (Å²) in [4.78, 5) is 18.7. The minimum absolute atomic E-state index is 0.0341. The fraction of sp³-hybridized carbons (Fsp3) is 0.207. The Morgan fingerprint density at radius 1 is 1.05 bits per heavy atom. The number of carbonyl (C=O) groups excluding carboxylic acids is 1. The number of amidine groups is 1. The molecule has 12 heteroatoms. The van der Waals surface area contributed by atoms with E-state index in [0.29, 0.717) is 22.3 Å². The molecule has 1 amide bonds. The number of alkyl halides is 3. The summed E-state index contributed by atoms with van der Waals surface area (Å²) in [6, 6.07) is 18.7. The Balaban J connectivity index is 1.34. The highest BCUT2D eigenvalue weighted by Gasteiger charge is 2.32. The number of para-hydroxylation sites is 1. The number of hydrogen-bond donors (Lipinski definition) is 0. The van der Waals surface area contributed by atoms with Gasteiger partial charge in [0, 0.05) is 12.4 Å². The van der Waals surface area contributed by atoms with Crippen LogP contribution < -0.4 is 9.64 Å². The van der Waals surface area contributed by atoms with E-state index in [-0.39, 0.29) is 17.6 Å². The maximum absolute atomic E-state index is 12.7. The van der Waals surface area contributed by atoms with Gasteiger partial charge in [-0.2, -0.15) is 10.2 Å². The molecular formula is C29H25F3N6O2S. The first-order valence-electron chi connectivity index (χ1n) is 12.6. The Labute approximate surface area is 238 Å². The number of aromatic nitrogens is 2. The third-order valence-electron chi connectivity index (χ3n) is 6.23. The summed E-state index contributed by atoms with van der Waals surface area (Å²) in [5.41, 5.74) is 4.56. The third-order valence-corrected chi connectivity index (χ3v) is 7.14. The molecule has 0 N–H and O–H groups in total. The summed E-state index contributed by atoms with van der Waals surface area (Å²) in [6.45, 7) is 4.17. The first-order valence-corrected chi connectivity index (χ1v) is 13.6. The van der Waals surface area contributed by atoms with Crippen LogP contribution in [-0.2, 0) is 11.8 Å². The van der Waals surface area contributed by atoms with Crippen LogP contribution in [0.3, 0.4) is 0 Å². The lowest BCUT2D eigenvalue weighted by Crippen LogP contribution is -2.30. The maximum atomic E-state index is 12.7. The Hall–Kier alpha value is -4.45. The SMILES string of the molecule is CC(C)c1ccccc1N1C(=O)CS/C1=N\N=C/c1ccc2c(/C=N/c3ccc(OC(F)(F)F)cc3)nn(C)c2c1. The van der Waals surface area contributed by atoms with E-state index in [4.69, 9.17) is 0 Å². The predicted molar refractivity (Wildman–Crippen MR) is 157 cm³/mol. The van der Waals surface area contributed by atoms with Gasteiger partial charge in [-0.1, -0.05) is 49.9 Å². The number of anilines is 1. The molecule has 1 aromatic heterocycles. The van der Waals surface area contributed by atoms with Crippen molar-refractivity contribution in [1.82, 2.24) is 9.78 Å². The van der Waals surface area contributed by atoms with Crippen molar-refractivity contribution in [2.45, 2.75) is 26.1 Å².